The lowest BCUT2D eigenvalue weighted by molar-refractivity contribution is 0.918. The molecule has 0 N–H and O–H groups in total. The van der Waals surface area contributed by atoms with Crippen LogP contribution in [0.5, 0.6) is 0 Å². The van der Waals surface area contributed by atoms with E-state index in [1.165, 1.54) is 5.56 Å². The predicted octanol–water partition coefficient (Wildman–Crippen LogP) is 1.97. The van der Waals surface area contributed by atoms with Gasteiger partial charge in [-0.05, 0) is 24.1 Å². The van der Waals surface area contributed by atoms with E-state index in [9.17, 15) is 0 Å². The van der Waals surface area contributed by atoms with Crippen molar-refractivity contribution in [2.24, 2.45) is 0 Å². The zero-order valence-electron chi connectivity index (χ0n) is 10.8. The van der Waals surface area contributed by atoms with E-state index in [1.807, 2.05) is 30.5 Å². The third kappa shape index (κ3) is 1.75. The first kappa shape index (κ1) is 12.1. The Kier molecular flexibility index (Phi) is 2.77. The number of hydrogen-bond acceptors (Lipinski definition) is 5. The Morgan fingerprint density at radius 2 is 1.90 bits per heavy atom. The van der Waals surface area contributed by atoms with Gasteiger partial charge in [0, 0.05) is 6.20 Å². The molecule has 0 aliphatic carbocycles. The Balaban J connectivity index is 2.32. The maximum atomic E-state index is 9.00. The quantitative estimate of drug-likeness (QED) is 0.704. The largest absolute Gasteiger partial charge is 0.283 e. The van der Waals surface area contributed by atoms with Crippen molar-refractivity contribution in [1.29, 1.82) is 10.5 Å². The molecule has 0 aliphatic rings. The highest BCUT2D eigenvalue weighted by Crippen LogP contribution is 2.16. The highest BCUT2D eigenvalue weighted by atomic mass is 15.1. The van der Waals surface area contributed by atoms with E-state index in [2.05, 4.69) is 21.9 Å². The number of aryl methyl sites for hydroxylation is 1. The number of pyridine rings is 1. The van der Waals surface area contributed by atoms with Crippen molar-refractivity contribution in [3.05, 3.63) is 35.3 Å². The van der Waals surface area contributed by atoms with Crippen LogP contribution < -0.4 is 0 Å². The van der Waals surface area contributed by atoms with Gasteiger partial charge < -0.3 is 0 Å². The Morgan fingerprint density at radius 1 is 1.15 bits per heavy atom. The summed E-state index contributed by atoms with van der Waals surface area (Å²) in [6.45, 7) is 2.12. The number of imidazole rings is 1. The Morgan fingerprint density at radius 3 is 2.60 bits per heavy atom. The predicted molar refractivity (Wildman–Crippen MR) is 71.7 cm³/mol. The fraction of sp³-hybridized carbons (Fsp3) is 0.214. The van der Waals surface area contributed by atoms with Crippen LogP contribution in [-0.2, 0) is 6.42 Å². The molecule has 0 unspecified atom stereocenters. The average Bonchev–Trinajstić information content (AvgIpc) is 2.82. The van der Waals surface area contributed by atoms with E-state index in [0.717, 1.165) is 18.5 Å². The van der Waals surface area contributed by atoms with Gasteiger partial charge in [0.2, 0.25) is 0 Å². The zero-order chi connectivity index (χ0) is 14.1. The van der Waals surface area contributed by atoms with Gasteiger partial charge in [0.05, 0.1) is 0 Å². The van der Waals surface area contributed by atoms with Gasteiger partial charge in [0.1, 0.15) is 17.8 Å². The fourth-order valence-corrected chi connectivity index (χ4v) is 2.16. The molecule has 3 heterocycles. The van der Waals surface area contributed by atoms with E-state index in [0.29, 0.717) is 11.3 Å². The highest BCUT2D eigenvalue weighted by molar-refractivity contribution is 5.74. The lowest BCUT2D eigenvalue weighted by atomic mass is 10.1. The van der Waals surface area contributed by atoms with Crippen LogP contribution in [0.25, 0.3) is 16.9 Å². The highest BCUT2D eigenvalue weighted by Gasteiger charge is 2.13. The second-order valence-electron chi connectivity index (χ2n) is 4.42. The molecule has 0 aliphatic heterocycles. The van der Waals surface area contributed by atoms with E-state index >= 15 is 0 Å². The molecule has 20 heavy (non-hydrogen) atoms. The van der Waals surface area contributed by atoms with Crippen LogP contribution in [0.4, 0.5) is 0 Å². The Bertz CT molecular complexity index is 894. The van der Waals surface area contributed by atoms with Crippen molar-refractivity contribution in [2.75, 3.05) is 0 Å². The van der Waals surface area contributed by atoms with Gasteiger partial charge in [-0.2, -0.15) is 10.5 Å². The summed E-state index contributed by atoms with van der Waals surface area (Å²) in [5, 5.41) is 18.0. The first-order valence-electron chi connectivity index (χ1n) is 6.25. The molecule has 0 aromatic carbocycles. The van der Waals surface area contributed by atoms with Crippen LogP contribution >= 0.6 is 0 Å². The maximum absolute atomic E-state index is 9.00. The van der Waals surface area contributed by atoms with Gasteiger partial charge in [-0.15, -0.1) is 0 Å². The van der Waals surface area contributed by atoms with Crippen molar-refractivity contribution in [3.8, 4) is 12.1 Å². The minimum atomic E-state index is 0.0113. The van der Waals surface area contributed by atoms with Crippen molar-refractivity contribution in [3.63, 3.8) is 0 Å². The summed E-state index contributed by atoms with van der Waals surface area (Å²) in [5.74, 6) is 0. The van der Waals surface area contributed by atoms with Crippen LogP contribution in [-0.4, -0.2) is 19.4 Å². The molecule has 3 aromatic rings. The molecule has 0 amide bonds. The molecule has 6 nitrogen and oxygen atoms in total. The van der Waals surface area contributed by atoms with Gasteiger partial charge in [0.15, 0.2) is 22.7 Å². The SMILES string of the molecule is CCCc1ccn2c(c1)nc1nc(C#N)c(C#N)nc12. The second kappa shape index (κ2) is 4.60. The lowest BCUT2D eigenvalue weighted by Gasteiger charge is -1.99. The Hall–Kier alpha value is -2.99. The summed E-state index contributed by atoms with van der Waals surface area (Å²) in [5.41, 5.74) is 2.84. The maximum Gasteiger partial charge on any atom is 0.199 e. The molecule has 0 saturated heterocycles. The number of aromatic nitrogens is 4. The minimum absolute atomic E-state index is 0.0113. The van der Waals surface area contributed by atoms with Gasteiger partial charge in [-0.1, -0.05) is 13.3 Å². The number of nitriles is 2. The van der Waals surface area contributed by atoms with Crippen LogP contribution in [0.1, 0.15) is 30.3 Å². The first-order valence-corrected chi connectivity index (χ1v) is 6.25. The summed E-state index contributed by atoms with van der Waals surface area (Å²) >= 11 is 0. The number of rotatable bonds is 2. The molecular formula is C14H10N6. The summed E-state index contributed by atoms with van der Waals surface area (Å²) in [6.07, 6.45) is 3.91. The molecule has 3 aromatic heterocycles. The Labute approximate surface area is 115 Å². The van der Waals surface area contributed by atoms with Crippen molar-refractivity contribution in [2.45, 2.75) is 19.8 Å². The first-order chi connectivity index (χ1) is 9.76. The molecule has 96 valence electrons. The summed E-state index contributed by atoms with van der Waals surface area (Å²) < 4.78 is 1.78. The molecule has 0 saturated carbocycles. The number of hydrogen-bond donors (Lipinski definition) is 0. The molecule has 0 fully saturated rings. The topological polar surface area (TPSA) is 90.7 Å². The van der Waals surface area contributed by atoms with Crippen molar-refractivity contribution in [1.82, 2.24) is 19.4 Å². The van der Waals surface area contributed by atoms with E-state index in [1.54, 1.807) is 4.40 Å². The molecule has 0 atom stereocenters. The summed E-state index contributed by atoms with van der Waals surface area (Å²) in [4.78, 5) is 12.7. The summed E-state index contributed by atoms with van der Waals surface area (Å²) in [7, 11) is 0. The van der Waals surface area contributed by atoms with Crippen molar-refractivity contribution < 1.29 is 0 Å². The van der Waals surface area contributed by atoms with E-state index in [-0.39, 0.29) is 11.4 Å². The molecule has 0 spiro atoms. The number of fused-ring (bicyclic) bond motifs is 3. The standard InChI is InChI=1S/C14H10N6/c1-2-3-9-4-5-20-12(6-9)19-13-14(20)18-11(8-16)10(7-15)17-13/h4-6H,2-3H2,1H3. The van der Waals surface area contributed by atoms with Gasteiger partial charge >= 0.3 is 0 Å². The number of nitrogens with zero attached hydrogens (tertiary/aromatic N) is 6. The molecular weight excluding hydrogens is 252 g/mol. The molecule has 0 radical (unpaired) electrons. The monoisotopic (exact) mass is 262 g/mol. The third-order valence-corrected chi connectivity index (χ3v) is 3.06. The van der Waals surface area contributed by atoms with Crippen molar-refractivity contribution >= 4 is 16.9 Å². The van der Waals surface area contributed by atoms with Crippen LogP contribution in [0.2, 0.25) is 0 Å². The molecule has 6 heteroatoms. The van der Waals surface area contributed by atoms with Gasteiger partial charge in [0.25, 0.3) is 0 Å². The van der Waals surface area contributed by atoms with E-state index < -0.39 is 0 Å². The van der Waals surface area contributed by atoms with Crippen LogP contribution in [0.3, 0.4) is 0 Å². The molecule has 3 rings (SSSR count). The second-order valence-corrected chi connectivity index (χ2v) is 4.42. The van der Waals surface area contributed by atoms with Crippen LogP contribution in [0, 0.1) is 22.7 Å². The normalized spacial score (nSPS) is 10.6. The fourth-order valence-electron chi connectivity index (χ4n) is 2.16. The lowest BCUT2D eigenvalue weighted by Crippen LogP contribution is -1.96. The molecule has 0 bridgehead atoms. The average molecular weight is 262 g/mol. The minimum Gasteiger partial charge on any atom is -0.283 e. The third-order valence-electron chi connectivity index (χ3n) is 3.06. The van der Waals surface area contributed by atoms with Gasteiger partial charge in [-0.3, -0.25) is 4.40 Å². The zero-order valence-corrected chi connectivity index (χ0v) is 10.8. The van der Waals surface area contributed by atoms with E-state index in [4.69, 9.17) is 10.5 Å². The van der Waals surface area contributed by atoms with Crippen LogP contribution in [0.15, 0.2) is 18.3 Å². The summed E-state index contributed by atoms with van der Waals surface area (Å²) in [6, 6.07) is 7.74. The smallest absolute Gasteiger partial charge is 0.199 e. The van der Waals surface area contributed by atoms with Gasteiger partial charge in [-0.25, -0.2) is 15.0 Å².